The zero-order valence-corrected chi connectivity index (χ0v) is 12.0. The molecule has 2 rings (SSSR count). The summed E-state index contributed by atoms with van der Waals surface area (Å²) >= 11 is 5.74. The van der Waals surface area contributed by atoms with Crippen molar-refractivity contribution in [1.29, 1.82) is 0 Å². The molecule has 2 aromatic rings. The molecule has 1 aromatic carbocycles. The number of carbonyl (C=O) groups is 1. The number of carbonyl (C=O) groups excluding carboxylic acids is 1. The third-order valence-electron chi connectivity index (χ3n) is 2.52. The standard InChI is InChI=1S/C12H8ClFN4O5/c13-7-3-6(14)1-2-8(7)17-9(19)4-23-12-10(18(21)22)11(20)15-5-16-12/h1-3,5H,4H2,(H,17,19)(H,15,16,20). The van der Waals surface area contributed by atoms with Gasteiger partial charge >= 0.3 is 17.1 Å². The maximum atomic E-state index is 12.9. The molecule has 1 aromatic heterocycles. The van der Waals surface area contributed by atoms with E-state index in [0.717, 1.165) is 18.5 Å². The number of nitrogens with one attached hydrogen (secondary N) is 2. The van der Waals surface area contributed by atoms with Crippen LogP contribution in [0.4, 0.5) is 15.8 Å². The lowest BCUT2D eigenvalue weighted by Crippen LogP contribution is -2.22. The number of aromatic amines is 1. The number of nitro groups is 1. The van der Waals surface area contributed by atoms with Crippen LogP contribution in [0, 0.1) is 15.9 Å². The topological polar surface area (TPSA) is 127 Å². The smallest absolute Gasteiger partial charge is 0.395 e. The Morgan fingerprint density at radius 1 is 1.52 bits per heavy atom. The fourth-order valence-electron chi connectivity index (χ4n) is 1.55. The van der Waals surface area contributed by atoms with Gasteiger partial charge in [0.25, 0.3) is 5.91 Å². The second-order valence-electron chi connectivity index (χ2n) is 4.10. The number of H-pyrrole nitrogens is 1. The first kappa shape index (κ1) is 16.4. The Hall–Kier alpha value is -3.01. The van der Waals surface area contributed by atoms with E-state index in [2.05, 4.69) is 10.3 Å². The lowest BCUT2D eigenvalue weighted by Gasteiger charge is -2.08. The van der Waals surface area contributed by atoms with E-state index in [9.17, 15) is 24.1 Å². The number of benzene rings is 1. The minimum Gasteiger partial charge on any atom is -0.462 e. The van der Waals surface area contributed by atoms with Gasteiger partial charge in [-0.2, -0.15) is 4.98 Å². The van der Waals surface area contributed by atoms with Crippen LogP contribution >= 0.6 is 11.6 Å². The SMILES string of the molecule is O=C(COc1nc[nH]c(=O)c1[N+](=O)[O-])Nc1ccc(F)cc1Cl. The van der Waals surface area contributed by atoms with Crippen LogP contribution in [0.5, 0.6) is 5.88 Å². The van der Waals surface area contributed by atoms with Crippen LogP contribution in [0.15, 0.2) is 29.3 Å². The van der Waals surface area contributed by atoms with Crippen molar-refractivity contribution in [1.82, 2.24) is 9.97 Å². The number of rotatable bonds is 5. The summed E-state index contributed by atoms with van der Waals surface area (Å²) in [5.41, 5.74) is -1.79. The Kier molecular flexibility index (Phi) is 4.86. The lowest BCUT2D eigenvalue weighted by molar-refractivity contribution is -0.387. The predicted octanol–water partition coefficient (Wildman–Crippen LogP) is 1.49. The van der Waals surface area contributed by atoms with E-state index >= 15 is 0 Å². The van der Waals surface area contributed by atoms with Gasteiger partial charge in [-0.25, -0.2) is 4.39 Å². The van der Waals surface area contributed by atoms with E-state index in [4.69, 9.17) is 16.3 Å². The van der Waals surface area contributed by atoms with E-state index in [1.165, 1.54) is 6.07 Å². The van der Waals surface area contributed by atoms with Crippen molar-refractivity contribution in [3.8, 4) is 5.88 Å². The molecule has 1 amide bonds. The quantitative estimate of drug-likeness (QED) is 0.626. The second-order valence-corrected chi connectivity index (χ2v) is 4.51. The second kappa shape index (κ2) is 6.83. The molecule has 0 radical (unpaired) electrons. The van der Waals surface area contributed by atoms with Crippen LogP contribution in [-0.2, 0) is 4.79 Å². The molecule has 0 atom stereocenters. The van der Waals surface area contributed by atoms with Gasteiger partial charge in [-0.05, 0) is 18.2 Å². The number of nitrogens with zero attached hydrogens (tertiary/aromatic N) is 2. The van der Waals surface area contributed by atoms with E-state index < -0.39 is 40.4 Å². The third-order valence-corrected chi connectivity index (χ3v) is 2.84. The molecule has 0 aliphatic rings. The van der Waals surface area contributed by atoms with Gasteiger partial charge in [-0.15, -0.1) is 0 Å². The van der Waals surface area contributed by atoms with Gasteiger partial charge < -0.3 is 15.0 Å². The molecular weight excluding hydrogens is 335 g/mol. The highest BCUT2D eigenvalue weighted by atomic mass is 35.5. The van der Waals surface area contributed by atoms with Crippen LogP contribution in [0.1, 0.15) is 0 Å². The fraction of sp³-hybridized carbons (Fsp3) is 0.0833. The summed E-state index contributed by atoms with van der Waals surface area (Å²) in [5.74, 6) is -1.90. The van der Waals surface area contributed by atoms with Crippen molar-refractivity contribution in [2.75, 3.05) is 11.9 Å². The molecular formula is C12H8ClFN4O5. The normalized spacial score (nSPS) is 10.2. The molecule has 0 saturated heterocycles. The van der Waals surface area contributed by atoms with Gasteiger partial charge in [-0.3, -0.25) is 19.7 Å². The van der Waals surface area contributed by atoms with Gasteiger partial charge in [0.15, 0.2) is 6.61 Å². The number of amides is 1. The summed E-state index contributed by atoms with van der Waals surface area (Å²) in [7, 11) is 0. The number of hydrogen-bond acceptors (Lipinski definition) is 6. The van der Waals surface area contributed by atoms with E-state index in [1.807, 2.05) is 4.98 Å². The van der Waals surface area contributed by atoms with Gasteiger partial charge in [0.1, 0.15) is 5.82 Å². The van der Waals surface area contributed by atoms with Crippen molar-refractivity contribution in [2.45, 2.75) is 0 Å². The molecule has 1 heterocycles. The first-order chi connectivity index (χ1) is 10.9. The van der Waals surface area contributed by atoms with Crippen LogP contribution in [0.3, 0.4) is 0 Å². The molecule has 120 valence electrons. The molecule has 0 bridgehead atoms. The van der Waals surface area contributed by atoms with Crippen molar-refractivity contribution >= 4 is 28.9 Å². The third kappa shape index (κ3) is 4.01. The van der Waals surface area contributed by atoms with Crippen molar-refractivity contribution in [2.24, 2.45) is 0 Å². The predicted molar refractivity (Wildman–Crippen MR) is 77.0 cm³/mol. The van der Waals surface area contributed by atoms with E-state index in [-0.39, 0.29) is 10.7 Å². The zero-order valence-electron chi connectivity index (χ0n) is 11.2. The highest BCUT2D eigenvalue weighted by Gasteiger charge is 2.22. The van der Waals surface area contributed by atoms with Gasteiger partial charge in [0, 0.05) is 0 Å². The molecule has 23 heavy (non-hydrogen) atoms. The minimum atomic E-state index is -1.01. The highest BCUT2D eigenvalue weighted by Crippen LogP contribution is 2.22. The molecule has 9 nitrogen and oxygen atoms in total. The first-order valence-corrected chi connectivity index (χ1v) is 6.36. The lowest BCUT2D eigenvalue weighted by atomic mass is 10.3. The Balaban J connectivity index is 2.07. The van der Waals surface area contributed by atoms with Gasteiger partial charge in [0.2, 0.25) is 0 Å². The van der Waals surface area contributed by atoms with Crippen LogP contribution in [0.25, 0.3) is 0 Å². The largest absolute Gasteiger partial charge is 0.462 e. The number of aromatic nitrogens is 2. The van der Waals surface area contributed by atoms with Crippen LogP contribution in [-0.4, -0.2) is 27.4 Å². The van der Waals surface area contributed by atoms with Crippen LogP contribution < -0.4 is 15.6 Å². The fourth-order valence-corrected chi connectivity index (χ4v) is 1.77. The molecule has 11 heteroatoms. The summed E-state index contributed by atoms with van der Waals surface area (Å²) in [4.78, 5) is 38.3. The first-order valence-electron chi connectivity index (χ1n) is 5.98. The number of ether oxygens (including phenoxy) is 1. The molecule has 0 saturated carbocycles. The van der Waals surface area contributed by atoms with Gasteiger partial charge in [0.05, 0.1) is 22.0 Å². The van der Waals surface area contributed by atoms with E-state index in [0.29, 0.717) is 0 Å². The highest BCUT2D eigenvalue weighted by molar-refractivity contribution is 6.33. The molecule has 2 N–H and O–H groups in total. The Morgan fingerprint density at radius 2 is 2.26 bits per heavy atom. The van der Waals surface area contributed by atoms with Gasteiger partial charge in [-0.1, -0.05) is 11.6 Å². The Morgan fingerprint density at radius 3 is 2.91 bits per heavy atom. The Labute approximate surface area is 132 Å². The maximum Gasteiger partial charge on any atom is 0.395 e. The van der Waals surface area contributed by atoms with Crippen molar-refractivity contribution < 1.29 is 18.8 Å². The monoisotopic (exact) mass is 342 g/mol. The summed E-state index contributed by atoms with van der Waals surface area (Å²) in [6.07, 6.45) is 0.902. The summed E-state index contributed by atoms with van der Waals surface area (Å²) in [6.45, 7) is -0.662. The van der Waals surface area contributed by atoms with Crippen molar-refractivity contribution in [3.05, 3.63) is 55.8 Å². The van der Waals surface area contributed by atoms with Crippen molar-refractivity contribution in [3.63, 3.8) is 0 Å². The maximum absolute atomic E-state index is 12.9. The summed E-state index contributed by atoms with van der Waals surface area (Å²) in [5, 5.41) is 13.1. The molecule has 0 fully saturated rings. The van der Waals surface area contributed by atoms with E-state index in [1.54, 1.807) is 0 Å². The Bertz CT molecular complexity index is 825. The summed E-state index contributed by atoms with van der Waals surface area (Å²) in [6, 6.07) is 3.33. The number of hydrogen-bond donors (Lipinski definition) is 2. The molecule has 0 aliphatic heterocycles. The molecule has 0 aliphatic carbocycles. The average Bonchev–Trinajstić information content (AvgIpc) is 2.47. The molecule has 0 spiro atoms. The minimum absolute atomic E-state index is 0.0291. The molecule has 0 unspecified atom stereocenters. The zero-order chi connectivity index (χ0) is 17.0. The number of halogens is 2. The number of anilines is 1. The summed E-state index contributed by atoms with van der Waals surface area (Å²) < 4.78 is 17.8. The average molecular weight is 343 g/mol. The van der Waals surface area contributed by atoms with Crippen LogP contribution in [0.2, 0.25) is 5.02 Å².